The fourth-order valence-electron chi connectivity index (χ4n) is 1.37. The number of hydrogen-bond acceptors (Lipinski definition) is 4. The Kier molecular flexibility index (Phi) is 5.25. The average molecular weight is 257 g/mol. The monoisotopic (exact) mass is 256 g/mol. The third-order valence-corrected chi connectivity index (χ3v) is 2.73. The van der Waals surface area contributed by atoms with Gasteiger partial charge in [0.05, 0.1) is 6.61 Å². The van der Waals surface area contributed by atoms with Gasteiger partial charge in [0, 0.05) is 22.8 Å². The summed E-state index contributed by atoms with van der Waals surface area (Å²) < 4.78 is 4.89. The molecular weight excluding hydrogens is 240 g/mol. The van der Waals surface area contributed by atoms with Crippen LogP contribution in [-0.2, 0) is 16.1 Å². The molecule has 4 nitrogen and oxygen atoms in total. The standard InChI is InChI=1S/C12H17ClN2O2/c1-3-17-12(16)8(2)15-7-9-10(13)5-4-6-11(9)14/h4-6,8,15H,3,7,14H2,1-2H3/t8-/m1/s1. The number of ether oxygens (including phenoxy) is 1. The van der Waals surface area contributed by atoms with Crippen LogP contribution in [0.1, 0.15) is 19.4 Å². The SMILES string of the molecule is CCOC(=O)[C@@H](C)NCc1c(N)cccc1Cl. The van der Waals surface area contributed by atoms with Crippen molar-refractivity contribution in [3.05, 3.63) is 28.8 Å². The van der Waals surface area contributed by atoms with Gasteiger partial charge in [0.25, 0.3) is 0 Å². The predicted molar refractivity (Wildman–Crippen MR) is 68.8 cm³/mol. The molecule has 0 fully saturated rings. The predicted octanol–water partition coefficient (Wildman–Crippen LogP) is 1.96. The van der Waals surface area contributed by atoms with E-state index in [2.05, 4.69) is 5.32 Å². The zero-order chi connectivity index (χ0) is 12.8. The highest BCUT2D eigenvalue weighted by Crippen LogP contribution is 2.21. The molecule has 0 bridgehead atoms. The van der Waals surface area contributed by atoms with Gasteiger partial charge in [0.15, 0.2) is 0 Å². The maximum atomic E-state index is 11.4. The van der Waals surface area contributed by atoms with Gasteiger partial charge >= 0.3 is 5.97 Å². The van der Waals surface area contributed by atoms with Crippen molar-refractivity contribution in [3.8, 4) is 0 Å². The number of anilines is 1. The van der Waals surface area contributed by atoms with Crippen molar-refractivity contribution in [1.82, 2.24) is 5.32 Å². The van der Waals surface area contributed by atoms with Gasteiger partial charge in [0.1, 0.15) is 6.04 Å². The number of benzene rings is 1. The highest BCUT2D eigenvalue weighted by molar-refractivity contribution is 6.31. The van der Waals surface area contributed by atoms with Gasteiger partial charge in [-0.2, -0.15) is 0 Å². The van der Waals surface area contributed by atoms with Crippen molar-refractivity contribution >= 4 is 23.3 Å². The van der Waals surface area contributed by atoms with E-state index in [4.69, 9.17) is 22.1 Å². The van der Waals surface area contributed by atoms with Crippen molar-refractivity contribution in [3.63, 3.8) is 0 Å². The molecule has 0 aliphatic heterocycles. The lowest BCUT2D eigenvalue weighted by Crippen LogP contribution is -2.35. The minimum Gasteiger partial charge on any atom is -0.465 e. The first-order valence-electron chi connectivity index (χ1n) is 5.49. The number of nitrogen functional groups attached to an aromatic ring is 1. The smallest absolute Gasteiger partial charge is 0.322 e. The van der Waals surface area contributed by atoms with Gasteiger partial charge in [-0.3, -0.25) is 4.79 Å². The molecule has 1 rings (SSSR count). The number of nitrogens with two attached hydrogens (primary N) is 1. The molecule has 0 radical (unpaired) electrons. The lowest BCUT2D eigenvalue weighted by Gasteiger charge is -2.14. The molecule has 0 spiro atoms. The molecular formula is C12H17ClN2O2. The Morgan fingerprint density at radius 2 is 2.29 bits per heavy atom. The summed E-state index contributed by atoms with van der Waals surface area (Å²) in [6.07, 6.45) is 0. The molecule has 94 valence electrons. The summed E-state index contributed by atoms with van der Waals surface area (Å²) in [4.78, 5) is 11.4. The second-order valence-corrected chi connectivity index (χ2v) is 4.07. The molecule has 0 aromatic heterocycles. The van der Waals surface area contributed by atoms with Crippen LogP contribution in [-0.4, -0.2) is 18.6 Å². The zero-order valence-electron chi connectivity index (χ0n) is 10.00. The number of carbonyl (C=O) groups is 1. The van der Waals surface area contributed by atoms with Crippen LogP contribution in [0, 0.1) is 0 Å². The molecule has 0 heterocycles. The Balaban J connectivity index is 2.58. The van der Waals surface area contributed by atoms with Crippen LogP contribution in [0.2, 0.25) is 5.02 Å². The number of halogens is 1. The van der Waals surface area contributed by atoms with Gasteiger partial charge in [-0.05, 0) is 26.0 Å². The topological polar surface area (TPSA) is 64.3 Å². The Morgan fingerprint density at radius 3 is 2.88 bits per heavy atom. The van der Waals surface area contributed by atoms with E-state index < -0.39 is 0 Å². The number of rotatable bonds is 5. The average Bonchev–Trinajstić information content (AvgIpc) is 2.28. The van der Waals surface area contributed by atoms with Gasteiger partial charge in [0.2, 0.25) is 0 Å². The number of esters is 1. The quantitative estimate of drug-likeness (QED) is 0.624. The summed E-state index contributed by atoms with van der Waals surface area (Å²) in [5, 5.41) is 3.62. The molecule has 0 amide bonds. The highest BCUT2D eigenvalue weighted by Gasteiger charge is 2.14. The van der Waals surface area contributed by atoms with E-state index in [1.54, 1.807) is 32.0 Å². The molecule has 0 aliphatic carbocycles. The summed E-state index contributed by atoms with van der Waals surface area (Å²) in [5.41, 5.74) is 7.21. The highest BCUT2D eigenvalue weighted by atomic mass is 35.5. The van der Waals surface area contributed by atoms with E-state index >= 15 is 0 Å². The lowest BCUT2D eigenvalue weighted by molar-refractivity contribution is -0.145. The molecule has 1 atom stereocenters. The van der Waals surface area contributed by atoms with Gasteiger partial charge in [-0.15, -0.1) is 0 Å². The Morgan fingerprint density at radius 1 is 1.59 bits per heavy atom. The lowest BCUT2D eigenvalue weighted by atomic mass is 10.1. The van der Waals surface area contributed by atoms with E-state index in [9.17, 15) is 4.79 Å². The second-order valence-electron chi connectivity index (χ2n) is 3.66. The molecule has 0 saturated heterocycles. The first-order valence-corrected chi connectivity index (χ1v) is 5.87. The summed E-state index contributed by atoms with van der Waals surface area (Å²) in [7, 11) is 0. The van der Waals surface area contributed by atoms with Crippen LogP contribution in [0.25, 0.3) is 0 Å². The Labute approximate surface area is 106 Å². The molecule has 5 heteroatoms. The maximum absolute atomic E-state index is 11.4. The van der Waals surface area contributed by atoms with Crippen LogP contribution in [0.3, 0.4) is 0 Å². The van der Waals surface area contributed by atoms with Crippen LogP contribution in [0.5, 0.6) is 0 Å². The summed E-state index contributed by atoms with van der Waals surface area (Å²) in [5.74, 6) is -0.280. The molecule has 0 unspecified atom stereocenters. The van der Waals surface area contributed by atoms with Crippen molar-refractivity contribution in [2.75, 3.05) is 12.3 Å². The van der Waals surface area contributed by atoms with Gasteiger partial charge in [-0.1, -0.05) is 17.7 Å². The summed E-state index contributed by atoms with van der Waals surface area (Å²) in [6, 6.07) is 4.95. The fraction of sp³-hybridized carbons (Fsp3) is 0.417. The minimum atomic E-state index is -0.384. The van der Waals surface area contributed by atoms with Crippen LogP contribution in [0.4, 0.5) is 5.69 Å². The maximum Gasteiger partial charge on any atom is 0.322 e. The normalized spacial score (nSPS) is 12.2. The molecule has 0 aliphatic rings. The van der Waals surface area contributed by atoms with Crippen LogP contribution >= 0.6 is 11.6 Å². The van der Waals surface area contributed by atoms with E-state index in [1.807, 2.05) is 0 Å². The first kappa shape index (κ1) is 13.8. The first-order chi connectivity index (χ1) is 8.06. The van der Waals surface area contributed by atoms with E-state index in [0.717, 1.165) is 5.56 Å². The molecule has 17 heavy (non-hydrogen) atoms. The third-order valence-electron chi connectivity index (χ3n) is 2.38. The van der Waals surface area contributed by atoms with Crippen molar-refractivity contribution in [1.29, 1.82) is 0 Å². The molecule has 0 saturated carbocycles. The van der Waals surface area contributed by atoms with Gasteiger partial charge in [-0.25, -0.2) is 0 Å². The van der Waals surface area contributed by atoms with Crippen molar-refractivity contribution in [2.24, 2.45) is 0 Å². The fourth-order valence-corrected chi connectivity index (χ4v) is 1.62. The summed E-state index contributed by atoms with van der Waals surface area (Å²) >= 11 is 6.02. The van der Waals surface area contributed by atoms with Crippen LogP contribution in [0.15, 0.2) is 18.2 Å². The largest absolute Gasteiger partial charge is 0.465 e. The van der Waals surface area contributed by atoms with E-state index in [-0.39, 0.29) is 12.0 Å². The van der Waals surface area contributed by atoms with E-state index in [1.165, 1.54) is 0 Å². The minimum absolute atomic E-state index is 0.280. The van der Waals surface area contributed by atoms with Crippen LogP contribution < -0.4 is 11.1 Å². The number of hydrogen-bond donors (Lipinski definition) is 2. The summed E-state index contributed by atoms with van der Waals surface area (Å²) in [6.45, 7) is 4.33. The van der Waals surface area contributed by atoms with Crippen molar-refractivity contribution in [2.45, 2.75) is 26.4 Å². The number of nitrogens with one attached hydrogen (secondary N) is 1. The van der Waals surface area contributed by atoms with Crippen molar-refractivity contribution < 1.29 is 9.53 Å². The zero-order valence-corrected chi connectivity index (χ0v) is 10.8. The Bertz CT molecular complexity index is 376. The molecule has 1 aromatic carbocycles. The number of carbonyl (C=O) groups excluding carboxylic acids is 1. The molecule has 3 N–H and O–H groups in total. The molecule has 1 aromatic rings. The van der Waals surface area contributed by atoms with E-state index in [0.29, 0.717) is 23.9 Å². The second kappa shape index (κ2) is 6.47. The van der Waals surface area contributed by atoms with Gasteiger partial charge < -0.3 is 15.8 Å². The third kappa shape index (κ3) is 3.91. The Hall–Kier alpha value is -1.26.